The number of carbonyl (C=O) groups excluding carboxylic acids is 1. The maximum Gasteiger partial charge on any atom is 0.166 e. The summed E-state index contributed by atoms with van der Waals surface area (Å²) in [5.41, 5.74) is 2.20. The first-order valence-electron chi connectivity index (χ1n) is 6.06. The second kappa shape index (κ2) is 4.02. The highest BCUT2D eigenvalue weighted by atomic mass is 16.5. The van der Waals surface area contributed by atoms with Crippen molar-refractivity contribution in [1.29, 1.82) is 0 Å². The van der Waals surface area contributed by atoms with Crippen LogP contribution in [0, 0.1) is 11.8 Å². The van der Waals surface area contributed by atoms with E-state index in [2.05, 4.69) is 6.07 Å². The quantitative estimate of drug-likeness (QED) is 0.721. The normalized spacial score (nSPS) is 25.8. The second-order valence-electron chi connectivity index (χ2n) is 4.78. The minimum atomic E-state index is 0.223. The zero-order chi connectivity index (χ0) is 11.0. The number of benzene rings is 1. The fourth-order valence-electron chi connectivity index (χ4n) is 2.97. The Morgan fingerprint density at radius 1 is 1.12 bits per heavy atom. The molecule has 0 saturated carbocycles. The van der Waals surface area contributed by atoms with Crippen molar-refractivity contribution in [1.82, 2.24) is 0 Å². The Kier molecular flexibility index (Phi) is 2.52. The number of hydrogen-bond acceptors (Lipinski definition) is 2. The van der Waals surface area contributed by atoms with Crippen molar-refractivity contribution in [3.8, 4) is 0 Å². The molecule has 2 aliphatic rings. The Balaban J connectivity index is 1.83. The number of hydrogen-bond donors (Lipinski definition) is 0. The Bertz CT molecular complexity index is 405. The van der Waals surface area contributed by atoms with Crippen LogP contribution in [-0.4, -0.2) is 19.0 Å². The predicted octanol–water partition coefficient (Wildman–Crippen LogP) is 2.47. The van der Waals surface area contributed by atoms with E-state index in [0.29, 0.717) is 11.7 Å². The summed E-state index contributed by atoms with van der Waals surface area (Å²) < 4.78 is 5.36. The van der Waals surface area contributed by atoms with E-state index >= 15 is 0 Å². The average molecular weight is 216 g/mol. The van der Waals surface area contributed by atoms with E-state index in [1.54, 1.807) is 0 Å². The van der Waals surface area contributed by atoms with E-state index in [-0.39, 0.29) is 5.92 Å². The van der Waals surface area contributed by atoms with Gasteiger partial charge in [-0.1, -0.05) is 24.3 Å². The van der Waals surface area contributed by atoms with Crippen molar-refractivity contribution >= 4 is 5.78 Å². The van der Waals surface area contributed by atoms with Gasteiger partial charge >= 0.3 is 0 Å². The lowest BCUT2D eigenvalue weighted by atomic mass is 9.83. The largest absolute Gasteiger partial charge is 0.381 e. The van der Waals surface area contributed by atoms with Crippen molar-refractivity contribution in [3.63, 3.8) is 0 Å². The summed E-state index contributed by atoms with van der Waals surface area (Å²) in [6.45, 7) is 1.65. The summed E-state index contributed by atoms with van der Waals surface area (Å²) in [5, 5.41) is 0. The lowest BCUT2D eigenvalue weighted by Crippen LogP contribution is -2.27. The van der Waals surface area contributed by atoms with E-state index in [4.69, 9.17) is 4.74 Å². The number of ether oxygens (including phenoxy) is 1. The molecule has 0 spiro atoms. The molecule has 0 N–H and O–H groups in total. The molecule has 84 valence electrons. The third-order valence-electron chi connectivity index (χ3n) is 3.89. The van der Waals surface area contributed by atoms with Crippen molar-refractivity contribution in [2.45, 2.75) is 19.3 Å². The molecule has 1 aromatic carbocycles. The molecule has 1 aliphatic heterocycles. The first-order chi connectivity index (χ1) is 7.86. The van der Waals surface area contributed by atoms with Crippen LogP contribution in [0.25, 0.3) is 0 Å². The molecule has 2 heteroatoms. The van der Waals surface area contributed by atoms with Crippen LogP contribution in [0.1, 0.15) is 28.8 Å². The third-order valence-corrected chi connectivity index (χ3v) is 3.89. The number of ketones is 1. The summed E-state index contributed by atoms with van der Waals surface area (Å²) in [5.74, 6) is 1.12. The minimum absolute atomic E-state index is 0.223. The highest BCUT2D eigenvalue weighted by Gasteiger charge is 2.36. The van der Waals surface area contributed by atoms with Gasteiger partial charge in [-0.05, 0) is 30.7 Å². The molecule has 1 saturated heterocycles. The van der Waals surface area contributed by atoms with Gasteiger partial charge in [0.15, 0.2) is 5.78 Å². The smallest absolute Gasteiger partial charge is 0.166 e. The molecule has 1 heterocycles. The fourth-order valence-corrected chi connectivity index (χ4v) is 2.97. The van der Waals surface area contributed by atoms with Crippen molar-refractivity contribution in [2.75, 3.05) is 13.2 Å². The molecular formula is C14H16O2. The molecule has 1 unspecified atom stereocenters. The Morgan fingerprint density at radius 3 is 2.62 bits per heavy atom. The molecular weight excluding hydrogens is 200 g/mol. The number of rotatable bonds is 1. The zero-order valence-corrected chi connectivity index (χ0v) is 9.32. The highest BCUT2D eigenvalue weighted by Crippen LogP contribution is 2.35. The standard InChI is InChI=1S/C14H16O2/c15-14-12-4-2-1-3-11(12)9-13(14)10-5-7-16-8-6-10/h1-4,10,13H,5-9H2. The van der Waals surface area contributed by atoms with Gasteiger partial charge in [0.25, 0.3) is 0 Å². The zero-order valence-electron chi connectivity index (χ0n) is 9.32. The van der Waals surface area contributed by atoms with Gasteiger partial charge in [0.2, 0.25) is 0 Å². The molecule has 16 heavy (non-hydrogen) atoms. The predicted molar refractivity (Wildman–Crippen MR) is 61.5 cm³/mol. The molecule has 1 fully saturated rings. The van der Waals surface area contributed by atoms with Gasteiger partial charge in [0, 0.05) is 24.7 Å². The molecule has 0 aromatic heterocycles. The first kappa shape index (κ1) is 10.0. The molecule has 0 bridgehead atoms. The van der Waals surface area contributed by atoms with Gasteiger partial charge in [-0.25, -0.2) is 0 Å². The van der Waals surface area contributed by atoms with Crippen molar-refractivity contribution in [3.05, 3.63) is 35.4 Å². The maximum absolute atomic E-state index is 12.3. The first-order valence-corrected chi connectivity index (χ1v) is 6.06. The van der Waals surface area contributed by atoms with Gasteiger partial charge < -0.3 is 4.74 Å². The van der Waals surface area contributed by atoms with E-state index in [1.165, 1.54) is 5.56 Å². The topological polar surface area (TPSA) is 26.3 Å². The van der Waals surface area contributed by atoms with Gasteiger partial charge in [0.05, 0.1) is 0 Å². The lowest BCUT2D eigenvalue weighted by molar-refractivity contribution is 0.0448. The number of Topliss-reactive ketones (excluding diaryl/α,β-unsaturated/α-hetero) is 1. The molecule has 1 aromatic rings. The van der Waals surface area contributed by atoms with E-state index in [1.807, 2.05) is 18.2 Å². The van der Waals surface area contributed by atoms with Crippen molar-refractivity contribution in [2.24, 2.45) is 11.8 Å². The van der Waals surface area contributed by atoms with E-state index in [9.17, 15) is 4.79 Å². The van der Waals surface area contributed by atoms with Crippen LogP contribution in [-0.2, 0) is 11.2 Å². The third kappa shape index (κ3) is 1.57. The van der Waals surface area contributed by atoms with Crippen molar-refractivity contribution < 1.29 is 9.53 Å². The van der Waals surface area contributed by atoms with Crippen LogP contribution in [0.3, 0.4) is 0 Å². The number of carbonyl (C=O) groups is 1. The molecule has 0 amide bonds. The van der Waals surface area contributed by atoms with E-state index < -0.39 is 0 Å². The lowest BCUT2D eigenvalue weighted by Gasteiger charge is -2.26. The minimum Gasteiger partial charge on any atom is -0.381 e. The Morgan fingerprint density at radius 2 is 1.88 bits per heavy atom. The average Bonchev–Trinajstić information content (AvgIpc) is 2.69. The fraction of sp³-hybridized carbons (Fsp3) is 0.500. The van der Waals surface area contributed by atoms with Crippen LogP contribution < -0.4 is 0 Å². The van der Waals surface area contributed by atoms with Gasteiger partial charge in [-0.3, -0.25) is 4.79 Å². The van der Waals surface area contributed by atoms with Crippen LogP contribution in [0.4, 0.5) is 0 Å². The summed E-state index contributed by atoms with van der Waals surface area (Å²) >= 11 is 0. The molecule has 3 rings (SSSR count). The van der Waals surface area contributed by atoms with Crippen LogP contribution >= 0.6 is 0 Å². The van der Waals surface area contributed by atoms with Gasteiger partial charge in [-0.15, -0.1) is 0 Å². The summed E-state index contributed by atoms with van der Waals surface area (Å²) in [6.07, 6.45) is 3.04. The van der Waals surface area contributed by atoms with E-state index in [0.717, 1.165) is 38.0 Å². The second-order valence-corrected chi connectivity index (χ2v) is 4.78. The maximum atomic E-state index is 12.3. The summed E-state index contributed by atoms with van der Waals surface area (Å²) in [4.78, 5) is 12.3. The summed E-state index contributed by atoms with van der Waals surface area (Å²) in [6, 6.07) is 8.05. The monoisotopic (exact) mass is 216 g/mol. The molecule has 1 atom stereocenters. The van der Waals surface area contributed by atoms with Crippen LogP contribution in [0.5, 0.6) is 0 Å². The number of fused-ring (bicyclic) bond motifs is 1. The van der Waals surface area contributed by atoms with Crippen LogP contribution in [0.15, 0.2) is 24.3 Å². The highest BCUT2D eigenvalue weighted by molar-refractivity contribution is 6.02. The Labute approximate surface area is 95.6 Å². The molecule has 0 radical (unpaired) electrons. The van der Waals surface area contributed by atoms with Gasteiger partial charge in [-0.2, -0.15) is 0 Å². The SMILES string of the molecule is O=C1c2ccccc2CC1C1CCOCC1. The van der Waals surface area contributed by atoms with Crippen LogP contribution in [0.2, 0.25) is 0 Å². The van der Waals surface area contributed by atoms with Gasteiger partial charge in [0.1, 0.15) is 0 Å². The summed E-state index contributed by atoms with van der Waals surface area (Å²) in [7, 11) is 0. The molecule has 2 nitrogen and oxygen atoms in total. The Hall–Kier alpha value is -1.15. The molecule has 1 aliphatic carbocycles.